The van der Waals surface area contributed by atoms with Gasteiger partial charge in [0.15, 0.2) is 0 Å². The van der Waals surface area contributed by atoms with E-state index in [0.29, 0.717) is 22.9 Å². The van der Waals surface area contributed by atoms with Gasteiger partial charge in [-0.2, -0.15) is 0 Å². The third-order valence-electron chi connectivity index (χ3n) is 2.97. The Bertz CT molecular complexity index is 448. The second-order valence-corrected chi connectivity index (χ2v) is 4.80. The number of rotatable bonds is 1. The lowest BCUT2D eigenvalue weighted by Crippen LogP contribution is -2.29. The van der Waals surface area contributed by atoms with Gasteiger partial charge in [0, 0.05) is 6.04 Å². The molecule has 0 saturated carbocycles. The minimum absolute atomic E-state index is 0.278. The highest BCUT2D eigenvalue weighted by atomic mass is 35.5. The summed E-state index contributed by atoms with van der Waals surface area (Å²) in [7, 11) is 0. The summed E-state index contributed by atoms with van der Waals surface area (Å²) >= 11 is 12.0. The molecule has 16 heavy (non-hydrogen) atoms. The van der Waals surface area contributed by atoms with Crippen LogP contribution in [0.1, 0.15) is 23.6 Å². The van der Waals surface area contributed by atoms with Crippen LogP contribution in [0.2, 0.25) is 10.0 Å². The quantitative estimate of drug-likeness (QED) is 0.815. The zero-order valence-corrected chi connectivity index (χ0v) is 9.92. The van der Waals surface area contributed by atoms with Gasteiger partial charge in [-0.05, 0) is 30.0 Å². The molecule has 0 aliphatic heterocycles. The van der Waals surface area contributed by atoms with Crippen LogP contribution >= 0.6 is 23.2 Å². The van der Waals surface area contributed by atoms with E-state index in [4.69, 9.17) is 34.0 Å². The first-order valence-corrected chi connectivity index (χ1v) is 5.71. The van der Waals surface area contributed by atoms with Gasteiger partial charge >= 0.3 is 5.97 Å². The summed E-state index contributed by atoms with van der Waals surface area (Å²) in [5.74, 6) is -1.31. The zero-order valence-electron chi connectivity index (χ0n) is 8.41. The fraction of sp³-hybridized carbons (Fsp3) is 0.364. The van der Waals surface area contributed by atoms with Crippen LogP contribution in [0.3, 0.4) is 0 Å². The molecular formula is C11H11Cl2NO2. The van der Waals surface area contributed by atoms with Gasteiger partial charge in [0.2, 0.25) is 0 Å². The van der Waals surface area contributed by atoms with Crippen molar-refractivity contribution in [1.82, 2.24) is 0 Å². The van der Waals surface area contributed by atoms with E-state index in [9.17, 15) is 4.79 Å². The predicted octanol–water partition coefficient (Wildman–Crippen LogP) is 2.64. The summed E-state index contributed by atoms with van der Waals surface area (Å²) < 4.78 is 0. The molecule has 2 rings (SSSR count). The highest BCUT2D eigenvalue weighted by molar-refractivity contribution is 6.42. The van der Waals surface area contributed by atoms with Crippen LogP contribution in [0.25, 0.3) is 0 Å². The second-order valence-electron chi connectivity index (χ2n) is 4.01. The Morgan fingerprint density at radius 1 is 1.44 bits per heavy atom. The van der Waals surface area contributed by atoms with E-state index in [0.717, 1.165) is 11.1 Å². The number of carbonyl (C=O) groups is 1. The summed E-state index contributed by atoms with van der Waals surface area (Å²) in [5, 5.41) is 9.88. The molecule has 0 amide bonds. The zero-order chi connectivity index (χ0) is 11.9. The number of hydrogen-bond acceptors (Lipinski definition) is 2. The lowest BCUT2D eigenvalue weighted by Gasteiger charge is -2.28. The molecule has 0 spiro atoms. The summed E-state index contributed by atoms with van der Waals surface area (Å²) in [5.41, 5.74) is 7.62. The van der Waals surface area contributed by atoms with Crippen molar-refractivity contribution in [2.24, 2.45) is 11.7 Å². The molecule has 3 nitrogen and oxygen atoms in total. The molecule has 86 valence electrons. The van der Waals surface area contributed by atoms with Crippen molar-refractivity contribution in [3.63, 3.8) is 0 Å². The number of carboxylic acid groups (broad SMARTS) is 1. The van der Waals surface area contributed by atoms with Crippen molar-refractivity contribution in [3.8, 4) is 0 Å². The third kappa shape index (κ3) is 1.90. The van der Waals surface area contributed by atoms with E-state index in [2.05, 4.69) is 0 Å². The minimum atomic E-state index is -0.836. The molecule has 0 fully saturated rings. The number of hydrogen-bond donors (Lipinski definition) is 2. The van der Waals surface area contributed by atoms with Crippen molar-refractivity contribution in [1.29, 1.82) is 0 Å². The first-order valence-electron chi connectivity index (χ1n) is 4.96. The van der Waals surface area contributed by atoms with E-state index in [-0.39, 0.29) is 6.04 Å². The largest absolute Gasteiger partial charge is 0.481 e. The number of nitrogens with two attached hydrogens (primary N) is 1. The van der Waals surface area contributed by atoms with Gasteiger partial charge in [-0.3, -0.25) is 4.79 Å². The normalized spacial score (nSPS) is 23.9. The summed E-state index contributed by atoms with van der Waals surface area (Å²) in [6.07, 6.45) is 0.845. The molecule has 2 unspecified atom stereocenters. The molecule has 5 heteroatoms. The monoisotopic (exact) mass is 259 g/mol. The molecule has 0 heterocycles. The van der Waals surface area contributed by atoms with Crippen molar-refractivity contribution in [2.75, 3.05) is 0 Å². The maximum absolute atomic E-state index is 11.0. The SMILES string of the molecule is NC1CC(C(=O)O)Cc2c1ccc(Cl)c2Cl. The third-order valence-corrected chi connectivity index (χ3v) is 3.81. The Labute approximate surface area is 103 Å². The first kappa shape index (κ1) is 11.7. The van der Waals surface area contributed by atoms with Gasteiger partial charge < -0.3 is 10.8 Å². The lowest BCUT2D eigenvalue weighted by atomic mass is 9.81. The van der Waals surface area contributed by atoms with E-state index in [1.165, 1.54) is 0 Å². The van der Waals surface area contributed by atoms with Crippen LogP contribution in [-0.2, 0) is 11.2 Å². The van der Waals surface area contributed by atoms with E-state index in [1.54, 1.807) is 6.07 Å². The highest BCUT2D eigenvalue weighted by Gasteiger charge is 2.30. The Balaban J connectivity index is 2.47. The smallest absolute Gasteiger partial charge is 0.306 e. The molecule has 0 bridgehead atoms. The van der Waals surface area contributed by atoms with Gasteiger partial charge in [-0.1, -0.05) is 29.3 Å². The van der Waals surface area contributed by atoms with Gasteiger partial charge in [-0.15, -0.1) is 0 Å². The number of fused-ring (bicyclic) bond motifs is 1. The standard InChI is InChI=1S/C11H11Cl2NO2/c12-8-2-1-6-7(10(8)13)3-5(11(15)16)4-9(6)14/h1-2,5,9H,3-4,14H2,(H,15,16). The molecule has 1 aromatic carbocycles. The van der Waals surface area contributed by atoms with E-state index in [1.807, 2.05) is 6.07 Å². The van der Waals surface area contributed by atoms with Crippen LogP contribution in [0.15, 0.2) is 12.1 Å². The van der Waals surface area contributed by atoms with Gasteiger partial charge in [0.05, 0.1) is 16.0 Å². The average molecular weight is 260 g/mol. The maximum Gasteiger partial charge on any atom is 0.306 e. The molecule has 2 atom stereocenters. The van der Waals surface area contributed by atoms with Gasteiger partial charge in [-0.25, -0.2) is 0 Å². The fourth-order valence-corrected chi connectivity index (χ4v) is 2.54. The fourth-order valence-electron chi connectivity index (χ4n) is 2.11. The lowest BCUT2D eigenvalue weighted by molar-refractivity contribution is -0.142. The molecule has 1 aliphatic carbocycles. The Morgan fingerprint density at radius 2 is 2.12 bits per heavy atom. The highest BCUT2D eigenvalue weighted by Crippen LogP contribution is 2.38. The van der Waals surface area contributed by atoms with Crippen LogP contribution in [0.4, 0.5) is 0 Å². The molecule has 3 N–H and O–H groups in total. The van der Waals surface area contributed by atoms with Crippen LogP contribution in [-0.4, -0.2) is 11.1 Å². The van der Waals surface area contributed by atoms with E-state index < -0.39 is 11.9 Å². The predicted molar refractivity (Wildman–Crippen MR) is 62.8 cm³/mol. The number of benzene rings is 1. The number of carboxylic acids is 1. The number of aliphatic carboxylic acids is 1. The minimum Gasteiger partial charge on any atom is -0.481 e. The molecular weight excluding hydrogens is 249 g/mol. The van der Waals surface area contributed by atoms with Crippen LogP contribution < -0.4 is 5.73 Å². The molecule has 0 aromatic heterocycles. The Hall–Kier alpha value is -0.770. The molecule has 1 aliphatic rings. The summed E-state index contributed by atoms with van der Waals surface area (Å²) in [6, 6.07) is 3.25. The van der Waals surface area contributed by atoms with Crippen molar-refractivity contribution in [3.05, 3.63) is 33.3 Å². The topological polar surface area (TPSA) is 63.3 Å². The van der Waals surface area contributed by atoms with Gasteiger partial charge in [0.25, 0.3) is 0 Å². The molecule has 0 radical (unpaired) electrons. The second kappa shape index (κ2) is 4.24. The first-order chi connectivity index (χ1) is 7.50. The van der Waals surface area contributed by atoms with Crippen LogP contribution in [0, 0.1) is 5.92 Å². The van der Waals surface area contributed by atoms with Crippen LogP contribution in [0.5, 0.6) is 0 Å². The van der Waals surface area contributed by atoms with Gasteiger partial charge in [0.1, 0.15) is 0 Å². The molecule has 1 aromatic rings. The van der Waals surface area contributed by atoms with E-state index >= 15 is 0 Å². The Kier molecular flexibility index (Phi) is 3.10. The summed E-state index contributed by atoms with van der Waals surface area (Å²) in [6.45, 7) is 0. The summed E-state index contributed by atoms with van der Waals surface area (Å²) in [4.78, 5) is 11.0. The maximum atomic E-state index is 11.0. The van der Waals surface area contributed by atoms with Crippen molar-refractivity contribution in [2.45, 2.75) is 18.9 Å². The number of halogens is 2. The van der Waals surface area contributed by atoms with Crippen molar-refractivity contribution < 1.29 is 9.90 Å². The average Bonchev–Trinajstić information content (AvgIpc) is 2.23. The Morgan fingerprint density at radius 3 is 2.75 bits per heavy atom. The molecule has 0 saturated heterocycles. The van der Waals surface area contributed by atoms with Crippen molar-refractivity contribution >= 4 is 29.2 Å².